The maximum absolute atomic E-state index is 12.3. The van der Waals surface area contributed by atoms with Gasteiger partial charge in [-0.05, 0) is 30.9 Å². The number of ether oxygens (including phenoxy) is 3. The van der Waals surface area contributed by atoms with Crippen LogP contribution in [-0.2, 0) is 19.1 Å². The van der Waals surface area contributed by atoms with Crippen molar-refractivity contribution in [3.05, 3.63) is 29.8 Å². The lowest BCUT2D eigenvalue weighted by Gasteiger charge is -2.26. The second-order valence-corrected chi connectivity index (χ2v) is 5.99. The van der Waals surface area contributed by atoms with Crippen LogP contribution in [0.3, 0.4) is 0 Å². The summed E-state index contributed by atoms with van der Waals surface area (Å²) in [6.07, 6.45) is 0.188. The number of hydrogen-bond acceptors (Lipinski definition) is 6. The van der Waals surface area contributed by atoms with E-state index in [0.717, 1.165) is 5.56 Å². The lowest BCUT2D eigenvalue weighted by molar-refractivity contribution is -0.150. The molecule has 0 unspecified atom stereocenters. The zero-order chi connectivity index (χ0) is 17.7. The average molecular weight is 336 g/mol. The highest BCUT2D eigenvalue weighted by Gasteiger charge is 2.41. The Morgan fingerprint density at radius 1 is 1.00 bits per heavy atom. The summed E-state index contributed by atoms with van der Waals surface area (Å²) in [5.41, 5.74) is 0.833. The maximum Gasteiger partial charge on any atom is 0.311 e. The van der Waals surface area contributed by atoms with Gasteiger partial charge in [0.05, 0.1) is 39.3 Å². The summed E-state index contributed by atoms with van der Waals surface area (Å²) in [6.45, 7) is 0. The van der Waals surface area contributed by atoms with Crippen molar-refractivity contribution >= 4 is 11.9 Å². The minimum atomic E-state index is -0.887. The molecule has 6 nitrogen and oxygen atoms in total. The fraction of sp³-hybridized carbons (Fsp3) is 0.556. The number of methoxy groups -OCH3 is 3. The van der Waals surface area contributed by atoms with Crippen LogP contribution in [0.1, 0.15) is 30.7 Å². The van der Waals surface area contributed by atoms with Gasteiger partial charge >= 0.3 is 11.9 Å². The van der Waals surface area contributed by atoms with E-state index in [0.29, 0.717) is 18.6 Å². The first-order chi connectivity index (χ1) is 11.5. The topological polar surface area (TPSA) is 82.1 Å². The van der Waals surface area contributed by atoms with E-state index in [1.54, 1.807) is 7.11 Å². The Labute approximate surface area is 141 Å². The molecule has 0 bridgehead atoms. The average Bonchev–Trinajstić information content (AvgIpc) is 2.79. The minimum absolute atomic E-state index is 0.264. The van der Waals surface area contributed by atoms with Crippen LogP contribution in [0.2, 0.25) is 0 Å². The predicted molar refractivity (Wildman–Crippen MR) is 86.6 cm³/mol. The zero-order valence-corrected chi connectivity index (χ0v) is 14.2. The molecule has 1 aromatic rings. The van der Waals surface area contributed by atoms with Gasteiger partial charge in [-0.2, -0.15) is 0 Å². The van der Waals surface area contributed by atoms with Crippen molar-refractivity contribution in [1.82, 2.24) is 0 Å². The quantitative estimate of drug-likeness (QED) is 0.668. The molecule has 1 aliphatic rings. The molecular formula is C18H24O6. The van der Waals surface area contributed by atoms with E-state index in [-0.39, 0.29) is 18.3 Å². The molecule has 0 amide bonds. The van der Waals surface area contributed by atoms with Crippen LogP contribution in [0.4, 0.5) is 0 Å². The fourth-order valence-corrected chi connectivity index (χ4v) is 3.52. The molecule has 1 fully saturated rings. The minimum Gasteiger partial charge on any atom is -0.496 e. The smallest absolute Gasteiger partial charge is 0.311 e. The number of aliphatic hydroxyl groups excluding tert-OH is 1. The van der Waals surface area contributed by atoms with E-state index in [2.05, 4.69) is 0 Å². The molecule has 132 valence electrons. The van der Waals surface area contributed by atoms with Crippen LogP contribution < -0.4 is 4.74 Å². The summed E-state index contributed by atoms with van der Waals surface area (Å²) in [6, 6.07) is 7.41. The number of rotatable bonds is 4. The second kappa shape index (κ2) is 8.15. The van der Waals surface area contributed by atoms with Gasteiger partial charge in [0.2, 0.25) is 0 Å². The van der Waals surface area contributed by atoms with Crippen molar-refractivity contribution in [3.8, 4) is 5.75 Å². The lowest BCUT2D eigenvalue weighted by Crippen LogP contribution is -2.29. The summed E-state index contributed by atoms with van der Waals surface area (Å²) < 4.78 is 15.1. The van der Waals surface area contributed by atoms with Gasteiger partial charge in [0.15, 0.2) is 0 Å². The molecule has 0 aliphatic heterocycles. The molecule has 0 saturated heterocycles. The molecule has 0 heterocycles. The van der Waals surface area contributed by atoms with Crippen LogP contribution in [0, 0.1) is 11.8 Å². The van der Waals surface area contributed by atoms with Gasteiger partial charge in [0, 0.05) is 5.92 Å². The van der Waals surface area contributed by atoms with Crippen molar-refractivity contribution in [3.63, 3.8) is 0 Å². The maximum atomic E-state index is 12.3. The van der Waals surface area contributed by atoms with E-state index in [9.17, 15) is 14.7 Å². The third-order valence-corrected chi connectivity index (χ3v) is 4.78. The molecule has 0 spiro atoms. The highest BCUT2D eigenvalue weighted by molar-refractivity contribution is 5.75. The largest absolute Gasteiger partial charge is 0.496 e. The second-order valence-electron chi connectivity index (χ2n) is 5.99. The Balaban J connectivity index is 2.40. The molecule has 0 radical (unpaired) electrons. The highest BCUT2D eigenvalue weighted by Crippen LogP contribution is 2.42. The first-order valence-electron chi connectivity index (χ1n) is 8.00. The van der Waals surface area contributed by atoms with Crippen LogP contribution in [0.5, 0.6) is 5.75 Å². The fourth-order valence-electron chi connectivity index (χ4n) is 3.52. The summed E-state index contributed by atoms with van der Waals surface area (Å²) in [5, 5.41) is 10.5. The molecule has 1 aromatic carbocycles. The van der Waals surface area contributed by atoms with Crippen molar-refractivity contribution in [1.29, 1.82) is 0 Å². The molecular weight excluding hydrogens is 312 g/mol. The summed E-state index contributed by atoms with van der Waals surface area (Å²) in [7, 11) is 4.21. The number of hydrogen-bond donors (Lipinski definition) is 1. The van der Waals surface area contributed by atoms with Crippen LogP contribution >= 0.6 is 0 Å². The Hall–Kier alpha value is -2.08. The van der Waals surface area contributed by atoms with Crippen molar-refractivity contribution in [2.45, 2.75) is 31.3 Å². The molecule has 1 saturated carbocycles. The highest BCUT2D eigenvalue weighted by atomic mass is 16.5. The van der Waals surface area contributed by atoms with Gasteiger partial charge in [-0.1, -0.05) is 18.2 Å². The number of aliphatic hydroxyl groups is 1. The van der Waals surface area contributed by atoms with E-state index in [1.165, 1.54) is 14.2 Å². The van der Waals surface area contributed by atoms with E-state index in [4.69, 9.17) is 14.2 Å². The standard InChI is InChI=1S/C18H24O6/c1-22-16-7-5-4-6-11(16)14-10-15(19)13(18(21)24-3)9-8-12(14)17(20)23-2/h4-7,12-15,19H,8-10H2,1-3H3/t12-,13+,14+,15+/m0/s1. The molecule has 2 rings (SSSR count). The Morgan fingerprint density at radius 3 is 2.21 bits per heavy atom. The van der Waals surface area contributed by atoms with Crippen molar-refractivity contribution < 1.29 is 28.9 Å². The van der Waals surface area contributed by atoms with Gasteiger partial charge in [0.1, 0.15) is 5.75 Å². The van der Waals surface area contributed by atoms with Crippen molar-refractivity contribution in [2.24, 2.45) is 11.8 Å². The SMILES string of the molecule is COC(=O)[C@H]1CC[C@@H](C(=O)OC)[C@H](O)C[C@@H]1c1ccccc1OC. The van der Waals surface area contributed by atoms with Gasteiger partial charge in [-0.15, -0.1) is 0 Å². The Kier molecular flexibility index (Phi) is 6.20. The number of carbonyl (C=O) groups excluding carboxylic acids is 2. The summed E-state index contributed by atoms with van der Waals surface area (Å²) >= 11 is 0. The van der Waals surface area contributed by atoms with Gasteiger partial charge in [-0.3, -0.25) is 9.59 Å². The molecule has 1 N–H and O–H groups in total. The van der Waals surface area contributed by atoms with Crippen molar-refractivity contribution in [2.75, 3.05) is 21.3 Å². The van der Waals surface area contributed by atoms with Gasteiger partial charge < -0.3 is 19.3 Å². The molecule has 0 aromatic heterocycles. The number of carbonyl (C=O) groups is 2. The van der Waals surface area contributed by atoms with E-state index >= 15 is 0 Å². The van der Waals surface area contributed by atoms with Gasteiger partial charge in [0.25, 0.3) is 0 Å². The molecule has 1 aliphatic carbocycles. The lowest BCUT2D eigenvalue weighted by atomic mass is 9.81. The normalized spacial score (nSPS) is 27.0. The third kappa shape index (κ3) is 3.70. The van der Waals surface area contributed by atoms with Crippen LogP contribution in [0.25, 0.3) is 0 Å². The monoisotopic (exact) mass is 336 g/mol. The Morgan fingerprint density at radius 2 is 1.58 bits per heavy atom. The van der Waals surface area contributed by atoms with E-state index in [1.807, 2.05) is 24.3 Å². The van der Waals surface area contributed by atoms with E-state index < -0.39 is 23.9 Å². The van der Waals surface area contributed by atoms with Crippen LogP contribution in [0.15, 0.2) is 24.3 Å². The third-order valence-electron chi connectivity index (χ3n) is 4.78. The first kappa shape index (κ1) is 18.3. The zero-order valence-electron chi connectivity index (χ0n) is 14.2. The molecule has 6 heteroatoms. The summed E-state index contributed by atoms with van der Waals surface area (Å²) in [5.74, 6) is -1.52. The predicted octanol–water partition coefficient (Wildman–Crippen LogP) is 1.90. The first-order valence-corrected chi connectivity index (χ1v) is 8.00. The summed E-state index contributed by atoms with van der Waals surface area (Å²) in [4.78, 5) is 24.2. The Bertz CT molecular complexity index is 585. The van der Waals surface area contributed by atoms with Crippen LogP contribution in [-0.4, -0.2) is 44.5 Å². The number of para-hydroxylation sites is 1. The molecule has 4 atom stereocenters. The van der Waals surface area contributed by atoms with Gasteiger partial charge in [-0.25, -0.2) is 0 Å². The number of esters is 2. The number of benzene rings is 1. The molecule has 24 heavy (non-hydrogen) atoms.